The van der Waals surface area contributed by atoms with Gasteiger partial charge in [0.25, 0.3) is 0 Å². The third-order valence-electron chi connectivity index (χ3n) is 9.92. The molecule has 2 aliphatic rings. The van der Waals surface area contributed by atoms with Crippen molar-refractivity contribution in [2.45, 2.75) is 64.0 Å². The summed E-state index contributed by atoms with van der Waals surface area (Å²) in [5.74, 6) is -5.38. The summed E-state index contributed by atoms with van der Waals surface area (Å²) in [4.78, 5) is 92.0. The Morgan fingerprint density at radius 3 is 1.94 bits per heavy atom. The lowest BCUT2D eigenvalue weighted by atomic mass is 9.97. The molecule has 1 aliphatic carbocycles. The maximum atomic E-state index is 13.7. The number of benzene rings is 3. The molecular formula is C43H48BrN3O17S. The molecule has 1 N–H and O–H groups in total. The number of likely N-dealkylation sites (N-methyl/N-ethyl adjacent to an activating group) is 1. The molecule has 3 aromatic carbocycles. The van der Waals surface area contributed by atoms with E-state index >= 15 is 0 Å². The van der Waals surface area contributed by atoms with E-state index in [0.29, 0.717) is 0 Å². The van der Waals surface area contributed by atoms with Crippen LogP contribution in [0.25, 0.3) is 11.1 Å². The van der Waals surface area contributed by atoms with Crippen molar-refractivity contribution in [3.05, 3.63) is 83.4 Å². The molecule has 3 aromatic rings. The van der Waals surface area contributed by atoms with Gasteiger partial charge in [0.05, 0.1) is 24.0 Å². The Kier molecular flexibility index (Phi) is 16.9. The highest BCUT2D eigenvalue weighted by atomic mass is 79.9. The molecule has 0 saturated carbocycles. The van der Waals surface area contributed by atoms with Crippen LogP contribution in [0, 0.1) is 0 Å². The largest absolute Gasteiger partial charge is 0.467 e. The molecule has 1 saturated heterocycles. The Morgan fingerprint density at radius 2 is 1.37 bits per heavy atom. The third kappa shape index (κ3) is 13.2. The van der Waals surface area contributed by atoms with Crippen LogP contribution in [0.5, 0.6) is 5.75 Å². The van der Waals surface area contributed by atoms with E-state index < -0.39 is 95.7 Å². The number of fused-ring (bicyclic) bond motifs is 3. The Balaban J connectivity index is 1.40. The fourth-order valence-electron chi connectivity index (χ4n) is 7.05. The summed E-state index contributed by atoms with van der Waals surface area (Å²) in [7, 11) is -1.04. The molecule has 1 heterocycles. The van der Waals surface area contributed by atoms with Gasteiger partial charge in [-0.05, 0) is 39.9 Å². The molecule has 0 spiro atoms. The number of rotatable bonds is 17. The van der Waals surface area contributed by atoms with Crippen LogP contribution in [0.1, 0.15) is 43.4 Å². The highest BCUT2D eigenvalue weighted by Crippen LogP contribution is 2.44. The second kappa shape index (κ2) is 22.1. The quantitative estimate of drug-likeness (QED) is 0.0872. The van der Waals surface area contributed by atoms with Gasteiger partial charge in [-0.2, -0.15) is 0 Å². The number of amides is 3. The summed E-state index contributed by atoms with van der Waals surface area (Å²) in [6.07, 6.45) is -9.34. The average Bonchev–Trinajstić information content (AvgIpc) is 3.56. The number of alkyl halides is 1. The zero-order chi connectivity index (χ0) is 47.6. The summed E-state index contributed by atoms with van der Waals surface area (Å²) in [6, 6.07) is 19.7. The zero-order valence-electron chi connectivity index (χ0n) is 36.2. The number of sulfone groups is 1. The molecule has 5 rings (SSSR count). The second-order valence-corrected chi connectivity index (χ2v) is 17.7. The molecule has 20 nitrogen and oxygen atoms in total. The smallest absolute Gasteiger partial charge is 0.410 e. The molecule has 5 atom stereocenters. The maximum absolute atomic E-state index is 13.7. The first-order chi connectivity index (χ1) is 30.8. The standard InChI is InChI=1S/C43H48BrN3O17S/c1-24(48)60-36-37(61-25(2)49)39(62-26(3)50)41(64-38(36)40(52)57-5)63-34-16-15-27(21-58-43(54)47(23-44)17-18-65(6,55)56)19-33(34)45-35(51)20-46(4)42(53)59-22-32-30-13-9-7-11-28(30)29-12-8-10-14-31(29)32/h7-16,19,32,36-39,41H,17-18,20-23H2,1-6H3,(H,45,51). The van der Waals surface area contributed by atoms with Gasteiger partial charge in [-0.15, -0.1) is 0 Å². The van der Waals surface area contributed by atoms with Gasteiger partial charge in [0.15, 0.2) is 18.3 Å². The van der Waals surface area contributed by atoms with E-state index in [-0.39, 0.29) is 47.3 Å². The Bertz CT molecular complexity index is 2350. The minimum absolute atomic E-state index is 0.0115. The molecule has 1 fully saturated rings. The normalized spacial score (nSPS) is 18.7. The van der Waals surface area contributed by atoms with Gasteiger partial charge in [-0.3, -0.25) is 24.1 Å². The lowest BCUT2D eigenvalue weighted by molar-refractivity contribution is -0.282. The first-order valence-corrected chi connectivity index (χ1v) is 23.0. The highest BCUT2D eigenvalue weighted by Gasteiger charge is 2.56. The minimum atomic E-state index is -3.41. The molecule has 0 radical (unpaired) electrons. The molecule has 0 aromatic heterocycles. The predicted molar refractivity (Wildman–Crippen MR) is 231 cm³/mol. The van der Waals surface area contributed by atoms with Gasteiger partial charge in [0.2, 0.25) is 18.3 Å². The molecule has 350 valence electrons. The van der Waals surface area contributed by atoms with E-state index in [1.165, 1.54) is 25.2 Å². The summed E-state index contributed by atoms with van der Waals surface area (Å²) in [6.45, 7) is 1.95. The summed E-state index contributed by atoms with van der Waals surface area (Å²) in [5.41, 5.74) is 4.15. The maximum Gasteiger partial charge on any atom is 0.410 e. The van der Waals surface area contributed by atoms with E-state index in [4.69, 9.17) is 37.9 Å². The van der Waals surface area contributed by atoms with E-state index in [1.807, 2.05) is 48.5 Å². The summed E-state index contributed by atoms with van der Waals surface area (Å²) >= 11 is 3.15. The number of anilines is 1. The number of hydrogen-bond acceptors (Lipinski definition) is 17. The number of ether oxygens (including phenoxy) is 8. The lowest BCUT2D eigenvalue weighted by Crippen LogP contribution is -2.64. The van der Waals surface area contributed by atoms with Crippen molar-refractivity contribution in [3.63, 3.8) is 0 Å². The van der Waals surface area contributed by atoms with Crippen LogP contribution < -0.4 is 10.1 Å². The van der Waals surface area contributed by atoms with Crippen LogP contribution in [0.3, 0.4) is 0 Å². The van der Waals surface area contributed by atoms with Gasteiger partial charge >= 0.3 is 36.1 Å². The molecule has 3 amide bonds. The molecule has 22 heteroatoms. The molecule has 5 unspecified atom stereocenters. The number of nitrogens with one attached hydrogen (secondary N) is 1. The zero-order valence-corrected chi connectivity index (χ0v) is 38.6. The Morgan fingerprint density at radius 1 is 0.785 bits per heavy atom. The van der Waals surface area contributed by atoms with Crippen molar-refractivity contribution in [1.29, 1.82) is 0 Å². The second-order valence-electron chi connectivity index (χ2n) is 14.9. The van der Waals surface area contributed by atoms with E-state index in [0.717, 1.165) is 66.2 Å². The van der Waals surface area contributed by atoms with Crippen LogP contribution in [0.4, 0.5) is 15.3 Å². The number of hydrogen-bond donors (Lipinski definition) is 1. The van der Waals surface area contributed by atoms with E-state index in [9.17, 15) is 42.0 Å². The van der Waals surface area contributed by atoms with Crippen molar-refractivity contribution in [2.75, 3.05) is 56.6 Å². The fraction of sp³-hybridized carbons (Fsp3) is 0.419. The molecule has 0 bridgehead atoms. The first kappa shape index (κ1) is 49.8. The summed E-state index contributed by atoms with van der Waals surface area (Å²) < 4.78 is 67.7. The van der Waals surface area contributed by atoms with Crippen LogP contribution in [-0.4, -0.2) is 142 Å². The van der Waals surface area contributed by atoms with Crippen molar-refractivity contribution < 1.29 is 79.9 Å². The van der Waals surface area contributed by atoms with Crippen LogP contribution >= 0.6 is 15.9 Å². The first-order valence-electron chi connectivity index (χ1n) is 19.9. The van der Waals surface area contributed by atoms with Crippen molar-refractivity contribution >= 4 is 73.4 Å². The van der Waals surface area contributed by atoms with Gasteiger partial charge < -0.3 is 48.1 Å². The van der Waals surface area contributed by atoms with Crippen molar-refractivity contribution in [1.82, 2.24) is 9.80 Å². The van der Waals surface area contributed by atoms with E-state index in [1.54, 1.807) is 0 Å². The monoisotopic (exact) mass is 989 g/mol. The SMILES string of the molecule is COC(=O)C1OC(Oc2ccc(COC(=O)N(CBr)CCS(C)(=O)=O)cc2NC(=O)CN(C)C(=O)OCC2c3ccccc3-c3ccccc32)C(OC(C)=O)C(OC(C)=O)C1OC(C)=O. The molecule has 65 heavy (non-hydrogen) atoms. The average molecular weight is 991 g/mol. The van der Waals surface area contributed by atoms with Gasteiger partial charge in [-0.1, -0.05) is 70.5 Å². The van der Waals surface area contributed by atoms with Crippen LogP contribution in [-0.2, 0) is 73.6 Å². The third-order valence-corrected chi connectivity index (χ3v) is 11.5. The predicted octanol–water partition coefficient (Wildman–Crippen LogP) is 3.91. The lowest BCUT2D eigenvalue weighted by Gasteiger charge is -2.43. The van der Waals surface area contributed by atoms with Gasteiger partial charge in [0, 0.05) is 46.5 Å². The Hall–Kier alpha value is -6.26. The number of carbonyl (C=O) groups is 7. The topological polar surface area (TPSA) is 246 Å². The van der Waals surface area contributed by atoms with Crippen molar-refractivity contribution in [3.8, 4) is 16.9 Å². The van der Waals surface area contributed by atoms with Gasteiger partial charge in [-0.25, -0.2) is 22.8 Å². The number of halogens is 1. The number of esters is 4. The van der Waals surface area contributed by atoms with Gasteiger partial charge in [0.1, 0.15) is 35.3 Å². The number of nitrogens with zero attached hydrogens (tertiary/aromatic N) is 2. The van der Waals surface area contributed by atoms with Crippen LogP contribution in [0.15, 0.2) is 66.7 Å². The fourth-order valence-corrected chi connectivity index (χ4v) is 8.06. The summed E-state index contributed by atoms with van der Waals surface area (Å²) in [5, 5.41) is 2.64. The van der Waals surface area contributed by atoms with E-state index in [2.05, 4.69) is 21.2 Å². The number of methoxy groups -OCH3 is 1. The molecular weight excluding hydrogens is 942 g/mol. The Labute approximate surface area is 382 Å². The van der Waals surface area contributed by atoms with Crippen molar-refractivity contribution in [2.24, 2.45) is 0 Å². The highest BCUT2D eigenvalue weighted by molar-refractivity contribution is 9.09. The molecule has 1 aliphatic heterocycles. The minimum Gasteiger partial charge on any atom is -0.467 e. The number of carbonyl (C=O) groups excluding carboxylic acids is 7. The van der Waals surface area contributed by atoms with Crippen LogP contribution in [0.2, 0.25) is 0 Å².